The fourth-order valence-electron chi connectivity index (χ4n) is 3.66. The van der Waals surface area contributed by atoms with Crippen molar-refractivity contribution < 1.29 is 23.1 Å². The molecule has 1 aliphatic carbocycles. The molecule has 8 nitrogen and oxygen atoms in total. The van der Waals surface area contributed by atoms with Gasteiger partial charge in [-0.05, 0) is 41.8 Å². The van der Waals surface area contributed by atoms with Crippen LogP contribution in [0.4, 0.5) is 13.2 Å². The van der Waals surface area contributed by atoms with Gasteiger partial charge in [0.15, 0.2) is 0 Å². The van der Waals surface area contributed by atoms with Crippen molar-refractivity contribution in [3.63, 3.8) is 0 Å². The van der Waals surface area contributed by atoms with E-state index in [0.717, 1.165) is 16.9 Å². The van der Waals surface area contributed by atoms with Gasteiger partial charge in [0.2, 0.25) is 5.82 Å². The molecule has 0 bridgehead atoms. The van der Waals surface area contributed by atoms with Crippen LogP contribution in [-0.4, -0.2) is 48.0 Å². The molecule has 2 unspecified atom stereocenters. The summed E-state index contributed by atoms with van der Waals surface area (Å²) in [7, 11) is 1.52. The monoisotopic (exact) mass is 466 g/mol. The van der Waals surface area contributed by atoms with Gasteiger partial charge in [0, 0.05) is 23.2 Å². The average Bonchev–Trinajstić information content (AvgIpc) is 3.31. The lowest BCUT2D eigenvalue weighted by molar-refractivity contribution is -0.139. The molecule has 3 aromatic rings. The number of aryl methyl sites for hydroxylation is 1. The van der Waals surface area contributed by atoms with Crippen LogP contribution in [0.1, 0.15) is 25.0 Å². The van der Waals surface area contributed by atoms with Crippen LogP contribution in [0.3, 0.4) is 0 Å². The zero-order valence-electron chi connectivity index (χ0n) is 16.8. The molecule has 2 atom stereocenters. The number of halogens is 4. The van der Waals surface area contributed by atoms with Crippen molar-refractivity contribution in [1.29, 1.82) is 0 Å². The molecule has 168 valence electrons. The summed E-state index contributed by atoms with van der Waals surface area (Å²) in [6.45, 7) is -0.313. The van der Waals surface area contributed by atoms with Gasteiger partial charge in [-0.25, -0.2) is 13.2 Å². The zero-order valence-corrected chi connectivity index (χ0v) is 17.6. The summed E-state index contributed by atoms with van der Waals surface area (Å²) >= 11 is 5.99. The maximum atomic E-state index is 14.7. The molecule has 2 N–H and O–H groups in total. The van der Waals surface area contributed by atoms with E-state index >= 15 is 0 Å². The molecular formula is C20H18ClF3N6O2. The lowest BCUT2D eigenvalue weighted by atomic mass is 9.99. The van der Waals surface area contributed by atoms with E-state index < -0.39 is 29.3 Å². The third-order valence-corrected chi connectivity index (χ3v) is 5.50. The van der Waals surface area contributed by atoms with E-state index in [0.29, 0.717) is 0 Å². The molecule has 0 radical (unpaired) electrons. The molecule has 1 aliphatic rings. The number of hydrogen-bond acceptors (Lipinski definition) is 6. The summed E-state index contributed by atoms with van der Waals surface area (Å²) in [6, 6.07) is 3.62. The second-order valence-corrected chi connectivity index (χ2v) is 8.06. The van der Waals surface area contributed by atoms with Crippen LogP contribution in [-0.2, 0) is 18.4 Å². The third-order valence-electron chi connectivity index (χ3n) is 5.28. The Kier molecular flexibility index (Phi) is 5.87. The second-order valence-electron chi connectivity index (χ2n) is 7.62. The summed E-state index contributed by atoms with van der Waals surface area (Å²) in [5.74, 6) is -2.28. The van der Waals surface area contributed by atoms with Crippen LogP contribution >= 0.6 is 11.6 Å². The van der Waals surface area contributed by atoms with Gasteiger partial charge in [-0.15, -0.1) is 10.2 Å². The fraction of sp³-hybridized carbons (Fsp3) is 0.350. The second kappa shape index (κ2) is 8.47. The topological polar surface area (TPSA) is 106 Å². The molecule has 2 aromatic heterocycles. The number of rotatable bonds is 5. The van der Waals surface area contributed by atoms with Crippen molar-refractivity contribution in [2.24, 2.45) is 7.05 Å². The van der Waals surface area contributed by atoms with Gasteiger partial charge in [-0.1, -0.05) is 11.6 Å². The van der Waals surface area contributed by atoms with Crippen molar-refractivity contribution in [2.75, 3.05) is 0 Å². The molecule has 0 spiro atoms. The average molecular weight is 467 g/mol. The van der Waals surface area contributed by atoms with Crippen LogP contribution in [0.15, 0.2) is 24.4 Å². The maximum Gasteiger partial charge on any atom is 0.252 e. The van der Waals surface area contributed by atoms with Gasteiger partial charge in [0.1, 0.15) is 23.4 Å². The lowest BCUT2D eigenvalue weighted by Gasteiger charge is -2.20. The van der Waals surface area contributed by atoms with E-state index in [1.54, 1.807) is 0 Å². The minimum absolute atomic E-state index is 0.00559. The molecule has 1 amide bonds. The molecule has 32 heavy (non-hydrogen) atoms. The molecule has 0 saturated heterocycles. The number of nitrogens with one attached hydrogen (secondary N) is 1. The van der Waals surface area contributed by atoms with Crippen LogP contribution in [0.5, 0.6) is 0 Å². The molecule has 0 aliphatic heterocycles. The molecule has 1 fully saturated rings. The molecule has 1 saturated carbocycles. The van der Waals surface area contributed by atoms with Crippen molar-refractivity contribution in [3.8, 4) is 22.5 Å². The standard InChI is InChI=1S/C20H18ClF3N6O2/c1-30-28-18(27-29-30)17-13(5-11(21)6-15(17)24)10-4-14(23)16(25-8-10)9-26-19(31)20(32)3-2-12(22)7-20/h4-6,8,12,32H,2-3,7,9H2,1H3,(H,26,31). The molecular weight excluding hydrogens is 449 g/mol. The van der Waals surface area contributed by atoms with Crippen molar-refractivity contribution in [3.05, 3.63) is 46.7 Å². The number of tetrazole rings is 1. The SMILES string of the molecule is Cn1nnc(-c2c(F)cc(Cl)cc2-c2cnc(CNC(=O)C3(O)CCC(F)C3)c(F)c2)n1. The fourth-order valence-corrected chi connectivity index (χ4v) is 3.86. The van der Waals surface area contributed by atoms with Crippen LogP contribution < -0.4 is 5.32 Å². The summed E-state index contributed by atoms with van der Waals surface area (Å²) in [4.78, 5) is 17.4. The molecule has 2 heterocycles. The van der Waals surface area contributed by atoms with E-state index in [4.69, 9.17) is 11.6 Å². The number of pyridine rings is 1. The largest absolute Gasteiger partial charge is 0.380 e. The predicted molar refractivity (Wildman–Crippen MR) is 108 cm³/mol. The number of carbonyl (C=O) groups is 1. The summed E-state index contributed by atoms with van der Waals surface area (Å²) in [6.07, 6.45) is -0.181. The Labute approximate surface area is 185 Å². The highest BCUT2D eigenvalue weighted by molar-refractivity contribution is 6.31. The van der Waals surface area contributed by atoms with Gasteiger partial charge in [-0.2, -0.15) is 4.80 Å². The smallest absolute Gasteiger partial charge is 0.252 e. The number of aliphatic hydroxyl groups is 1. The Morgan fingerprint density at radius 1 is 1.34 bits per heavy atom. The van der Waals surface area contributed by atoms with Gasteiger partial charge in [-0.3, -0.25) is 9.78 Å². The summed E-state index contributed by atoms with van der Waals surface area (Å²) < 4.78 is 42.8. The van der Waals surface area contributed by atoms with E-state index in [1.807, 2.05) is 0 Å². The number of benzene rings is 1. The van der Waals surface area contributed by atoms with Gasteiger partial charge >= 0.3 is 0 Å². The Bertz CT molecular complexity index is 1190. The van der Waals surface area contributed by atoms with E-state index in [-0.39, 0.29) is 59.0 Å². The number of carbonyl (C=O) groups excluding carboxylic acids is 1. The highest BCUT2D eigenvalue weighted by Crippen LogP contribution is 2.35. The Hall–Kier alpha value is -3.05. The number of nitrogens with zero attached hydrogens (tertiary/aromatic N) is 5. The quantitative estimate of drug-likeness (QED) is 0.599. The van der Waals surface area contributed by atoms with E-state index in [9.17, 15) is 23.1 Å². The first-order chi connectivity index (χ1) is 15.2. The maximum absolute atomic E-state index is 14.7. The Morgan fingerprint density at radius 2 is 2.12 bits per heavy atom. The molecule has 4 rings (SSSR count). The number of amides is 1. The van der Waals surface area contributed by atoms with E-state index in [2.05, 4.69) is 25.7 Å². The minimum atomic E-state index is -1.81. The van der Waals surface area contributed by atoms with Gasteiger partial charge in [0.05, 0.1) is 24.8 Å². The normalized spacial score (nSPS) is 20.5. The van der Waals surface area contributed by atoms with Crippen LogP contribution in [0.2, 0.25) is 5.02 Å². The zero-order chi connectivity index (χ0) is 23.0. The van der Waals surface area contributed by atoms with Gasteiger partial charge < -0.3 is 10.4 Å². The number of hydrogen-bond donors (Lipinski definition) is 2. The van der Waals surface area contributed by atoms with Crippen LogP contribution in [0, 0.1) is 11.6 Å². The Morgan fingerprint density at radius 3 is 2.75 bits per heavy atom. The summed E-state index contributed by atoms with van der Waals surface area (Å²) in [5.41, 5.74) is -1.53. The highest BCUT2D eigenvalue weighted by atomic mass is 35.5. The number of aromatic nitrogens is 5. The first-order valence-corrected chi connectivity index (χ1v) is 10.1. The lowest BCUT2D eigenvalue weighted by Crippen LogP contribution is -2.45. The summed E-state index contributed by atoms with van der Waals surface area (Å²) in [5, 5.41) is 24.2. The molecule has 1 aromatic carbocycles. The number of alkyl halides is 1. The predicted octanol–water partition coefficient (Wildman–Crippen LogP) is 2.74. The van der Waals surface area contributed by atoms with Crippen LogP contribution in [0.25, 0.3) is 22.5 Å². The highest BCUT2D eigenvalue weighted by Gasteiger charge is 2.43. The molecule has 12 heteroatoms. The Balaban J connectivity index is 1.60. The first-order valence-electron chi connectivity index (χ1n) is 9.69. The van der Waals surface area contributed by atoms with Crippen molar-refractivity contribution in [2.45, 2.75) is 37.6 Å². The third kappa shape index (κ3) is 4.30. The van der Waals surface area contributed by atoms with Crippen molar-refractivity contribution >= 4 is 17.5 Å². The van der Waals surface area contributed by atoms with Crippen molar-refractivity contribution in [1.82, 2.24) is 30.5 Å². The van der Waals surface area contributed by atoms with E-state index in [1.165, 1.54) is 19.3 Å². The van der Waals surface area contributed by atoms with Gasteiger partial charge in [0.25, 0.3) is 5.91 Å². The first kappa shape index (κ1) is 22.2. The minimum Gasteiger partial charge on any atom is -0.380 e.